The topological polar surface area (TPSA) is 45.9 Å². The van der Waals surface area contributed by atoms with Crippen LogP contribution in [-0.2, 0) is 0 Å². The molecule has 1 heterocycles. The zero-order valence-corrected chi connectivity index (χ0v) is 10.3. The highest BCUT2D eigenvalue weighted by Crippen LogP contribution is 2.28. The number of hydrogen-bond acceptors (Lipinski definition) is 3. The third kappa shape index (κ3) is 2.32. The summed E-state index contributed by atoms with van der Waals surface area (Å²) in [5, 5.41) is 10.0. The minimum atomic E-state index is 0.0957. The molecular formula is C13H11ClN2O. The fourth-order valence-corrected chi connectivity index (χ4v) is 1.81. The van der Waals surface area contributed by atoms with Gasteiger partial charge < -0.3 is 4.74 Å². The van der Waals surface area contributed by atoms with Crippen molar-refractivity contribution in [3.05, 3.63) is 35.0 Å². The van der Waals surface area contributed by atoms with Crippen LogP contribution in [0.3, 0.4) is 0 Å². The zero-order chi connectivity index (χ0) is 12.4. The van der Waals surface area contributed by atoms with Crippen molar-refractivity contribution in [2.75, 3.05) is 0 Å². The molecule has 17 heavy (non-hydrogen) atoms. The zero-order valence-electron chi connectivity index (χ0n) is 9.57. The Morgan fingerprint density at radius 3 is 2.82 bits per heavy atom. The van der Waals surface area contributed by atoms with Gasteiger partial charge in [-0.05, 0) is 32.0 Å². The number of nitriles is 1. The van der Waals surface area contributed by atoms with Gasteiger partial charge in [-0.25, -0.2) is 0 Å². The summed E-state index contributed by atoms with van der Waals surface area (Å²) in [6.07, 6.45) is 1.58. The van der Waals surface area contributed by atoms with Crippen molar-refractivity contribution in [1.29, 1.82) is 5.26 Å². The maximum atomic E-state index is 8.89. The van der Waals surface area contributed by atoms with E-state index in [0.717, 1.165) is 16.7 Å². The van der Waals surface area contributed by atoms with Crippen LogP contribution < -0.4 is 4.74 Å². The van der Waals surface area contributed by atoms with E-state index in [-0.39, 0.29) is 6.10 Å². The molecule has 0 saturated heterocycles. The average molecular weight is 247 g/mol. The molecule has 1 aromatic carbocycles. The molecule has 0 fully saturated rings. The van der Waals surface area contributed by atoms with Crippen molar-refractivity contribution < 1.29 is 4.74 Å². The second-order valence-corrected chi connectivity index (χ2v) is 4.32. The number of halogens is 1. The molecule has 2 aromatic rings. The number of ether oxygens (including phenoxy) is 1. The van der Waals surface area contributed by atoms with E-state index in [1.807, 2.05) is 38.1 Å². The molecule has 0 aliphatic carbocycles. The lowest BCUT2D eigenvalue weighted by atomic mass is 10.1. The van der Waals surface area contributed by atoms with Crippen molar-refractivity contribution >= 4 is 22.5 Å². The summed E-state index contributed by atoms with van der Waals surface area (Å²) < 4.78 is 5.58. The Balaban J connectivity index is 2.59. The van der Waals surface area contributed by atoms with Gasteiger partial charge in [-0.2, -0.15) is 5.26 Å². The first kappa shape index (κ1) is 11.7. The van der Waals surface area contributed by atoms with Crippen LogP contribution in [0.15, 0.2) is 24.4 Å². The standard InChI is InChI=1S/C13H11ClN2O/c1-8(2)17-10-3-4-12-11(5-10)13(14)9(6-15)7-16-12/h3-5,7-8H,1-2H3. The van der Waals surface area contributed by atoms with E-state index in [2.05, 4.69) is 4.98 Å². The first-order valence-corrected chi connectivity index (χ1v) is 5.64. The second kappa shape index (κ2) is 4.60. The lowest BCUT2D eigenvalue weighted by Gasteiger charge is -2.10. The second-order valence-electron chi connectivity index (χ2n) is 3.94. The van der Waals surface area contributed by atoms with Crippen molar-refractivity contribution in [3.8, 4) is 11.8 Å². The minimum Gasteiger partial charge on any atom is -0.491 e. The Morgan fingerprint density at radius 2 is 2.18 bits per heavy atom. The Labute approximate surface area is 105 Å². The number of rotatable bonds is 2. The maximum absolute atomic E-state index is 8.89. The van der Waals surface area contributed by atoms with Gasteiger partial charge in [0, 0.05) is 11.6 Å². The van der Waals surface area contributed by atoms with Crippen molar-refractivity contribution in [2.24, 2.45) is 0 Å². The summed E-state index contributed by atoms with van der Waals surface area (Å²) in [5.74, 6) is 0.728. The highest BCUT2D eigenvalue weighted by Gasteiger charge is 2.08. The van der Waals surface area contributed by atoms with E-state index in [4.69, 9.17) is 21.6 Å². The predicted molar refractivity (Wildman–Crippen MR) is 67.2 cm³/mol. The third-order valence-corrected chi connectivity index (χ3v) is 2.67. The quantitative estimate of drug-likeness (QED) is 0.814. The lowest BCUT2D eigenvalue weighted by Crippen LogP contribution is -2.05. The van der Waals surface area contributed by atoms with Gasteiger partial charge >= 0.3 is 0 Å². The Morgan fingerprint density at radius 1 is 1.41 bits per heavy atom. The molecule has 0 aliphatic heterocycles. The van der Waals surface area contributed by atoms with Crippen LogP contribution in [-0.4, -0.2) is 11.1 Å². The van der Waals surface area contributed by atoms with E-state index < -0.39 is 0 Å². The Kier molecular flexibility index (Phi) is 3.16. The van der Waals surface area contributed by atoms with Gasteiger partial charge in [0.1, 0.15) is 11.8 Å². The van der Waals surface area contributed by atoms with Gasteiger partial charge in [-0.3, -0.25) is 4.98 Å². The summed E-state index contributed by atoms with van der Waals surface area (Å²) in [7, 11) is 0. The van der Waals surface area contributed by atoms with Crippen LogP contribution in [0.5, 0.6) is 5.75 Å². The predicted octanol–water partition coefficient (Wildman–Crippen LogP) is 3.55. The molecule has 0 bridgehead atoms. The Hall–Kier alpha value is -1.79. The van der Waals surface area contributed by atoms with Crippen molar-refractivity contribution in [2.45, 2.75) is 20.0 Å². The van der Waals surface area contributed by atoms with Crippen LogP contribution in [0.4, 0.5) is 0 Å². The smallest absolute Gasteiger partial charge is 0.120 e. The van der Waals surface area contributed by atoms with Gasteiger partial charge in [-0.15, -0.1) is 0 Å². The molecule has 0 atom stereocenters. The first-order valence-electron chi connectivity index (χ1n) is 5.27. The fraction of sp³-hybridized carbons (Fsp3) is 0.231. The van der Waals surface area contributed by atoms with Crippen molar-refractivity contribution in [3.63, 3.8) is 0 Å². The minimum absolute atomic E-state index is 0.0957. The molecule has 0 amide bonds. The highest BCUT2D eigenvalue weighted by molar-refractivity contribution is 6.36. The SMILES string of the molecule is CC(C)Oc1ccc2ncc(C#N)c(Cl)c2c1. The van der Waals surface area contributed by atoms with E-state index in [1.165, 1.54) is 6.20 Å². The van der Waals surface area contributed by atoms with Gasteiger partial charge in [-0.1, -0.05) is 11.6 Å². The monoisotopic (exact) mass is 246 g/mol. The lowest BCUT2D eigenvalue weighted by molar-refractivity contribution is 0.243. The van der Waals surface area contributed by atoms with Crippen molar-refractivity contribution in [1.82, 2.24) is 4.98 Å². The molecule has 1 aromatic heterocycles. The molecule has 86 valence electrons. The van der Waals surface area contributed by atoms with E-state index in [0.29, 0.717) is 10.6 Å². The van der Waals surface area contributed by atoms with Gasteiger partial charge in [0.05, 0.1) is 22.2 Å². The molecule has 0 aliphatic rings. The Bertz CT molecular complexity index is 602. The number of aromatic nitrogens is 1. The normalized spacial score (nSPS) is 10.5. The van der Waals surface area contributed by atoms with Crippen LogP contribution in [0.1, 0.15) is 19.4 Å². The summed E-state index contributed by atoms with van der Waals surface area (Å²) in [4.78, 5) is 4.17. The number of hydrogen-bond donors (Lipinski definition) is 0. The van der Waals surface area contributed by atoms with Crippen LogP contribution in [0, 0.1) is 11.3 Å². The summed E-state index contributed by atoms with van der Waals surface area (Å²) >= 11 is 6.13. The summed E-state index contributed by atoms with van der Waals surface area (Å²) in [5.41, 5.74) is 1.13. The van der Waals surface area contributed by atoms with E-state index in [1.54, 1.807) is 0 Å². The molecule has 0 radical (unpaired) electrons. The average Bonchev–Trinajstić information content (AvgIpc) is 2.29. The van der Waals surface area contributed by atoms with E-state index >= 15 is 0 Å². The molecule has 0 saturated carbocycles. The number of pyridine rings is 1. The summed E-state index contributed by atoms with van der Waals surface area (Å²) in [6, 6.07) is 7.50. The number of fused-ring (bicyclic) bond motifs is 1. The maximum Gasteiger partial charge on any atom is 0.120 e. The molecule has 0 unspecified atom stereocenters. The molecule has 0 spiro atoms. The largest absolute Gasteiger partial charge is 0.491 e. The van der Waals surface area contributed by atoms with Crippen LogP contribution >= 0.6 is 11.6 Å². The van der Waals surface area contributed by atoms with Gasteiger partial charge in [0.2, 0.25) is 0 Å². The van der Waals surface area contributed by atoms with Gasteiger partial charge in [0.15, 0.2) is 0 Å². The van der Waals surface area contributed by atoms with Crippen LogP contribution in [0.25, 0.3) is 10.9 Å². The first-order chi connectivity index (χ1) is 8.11. The van der Waals surface area contributed by atoms with E-state index in [9.17, 15) is 0 Å². The number of nitrogens with zero attached hydrogens (tertiary/aromatic N) is 2. The molecular weight excluding hydrogens is 236 g/mol. The number of benzene rings is 1. The molecule has 0 N–H and O–H groups in total. The highest BCUT2D eigenvalue weighted by atomic mass is 35.5. The van der Waals surface area contributed by atoms with Crippen LogP contribution in [0.2, 0.25) is 5.02 Å². The summed E-state index contributed by atoms with van der Waals surface area (Å²) in [6.45, 7) is 3.91. The van der Waals surface area contributed by atoms with Gasteiger partial charge in [0.25, 0.3) is 0 Å². The third-order valence-electron chi connectivity index (χ3n) is 2.27. The molecule has 4 heteroatoms. The molecule has 3 nitrogen and oxygen atoms in total. The molecule has 2 rings (SSSR count). The fourth-order valence-electron chi connectivity index (χ4n) is 1.56.